The predicted octanol–water partition coefficient (Wildman–Crippen LogP) is 3.68. The van der Waals surface area contributed by atoms with Crippen LogP contribution < -0.4 is 5.32 Å². The Morgan fingerprint density at radius 3 is 2.91 bits per heavy atom. The predicted molar refractivity (Wildman–Crippen MR) is 85.7 cm³/mol. The van der Waals surface area contributed by atoms with Gasteiger partial charge in [0, 0.05) is 18.5 Å². The summed E-state index contributed by atoms with van der Waals surface area (Å²) in [5, 5.41) is 8.77. The van der Waals surface area contributed by atoms with Crippen LogP contribution in [0, 0.1) is 6.92 Å². The molecule has 2 heterocycles. The van der Waals surface area contributed by atoms with Gasteiger partial charge in [0.1, 0.15) is 0 Å². The minimum Gasteiger partial charge on any atom is -0.339 e. The van der Waals surface area contributed by atoms with E-state index in [2.05, 4.69) is 15.5 Å². The van der Waals surface area contributed by atoms with Crippen molar-refractivity contribution in [2.24, 2.45) is 0 Å². The molecule has 112 valence electrons. The van der Waals surface area contributed by atoms with E-state index in [1.807, 2.05) is 48.7 Å². The molecule has 6 heteroatoms. The Hall–Kier alpha value is -2.47. The lowest BCUT2D eigenvalue weighted by molar-refractivity contribution is -0.116. The number of aryl methyl sites for hydroxylation is 2. The van der Waals surface area contributed by atoms with Crippen LogP contribution in [-0.4, -0.2) is 16.0 Å². The minimum absolute atomic E-state index is 0.0647. The first-order valence-corrected chi connectivity index (χ1v) is 7.82. The second-order valence-corrected chi connectivity index (χ2v) is 5.80. The number of hydrogen-bond acceptors (Lipinski definition) is 5. The van der Waals surface area contributed by atoms with Crippen LogP contribution in [0.25, 0.3) is 10.7 Å². The molecule has 3 rings (SSSR count). The van der Waals surface area contributed by atoms with Crippen molar-refractivity contribution in [1.29, 1.82) is 0 Å². The molecule has 0 atom stereocenters. The van der Waals surface area contributed by atoms with Crippen LogP contribution in [0.5, 0.6) is 0 Å². The Kier molecular flexibility index (Phi) is 4.29. The fourth-order valence-corrected chi connectivity index (χ4v) is 2.66. The number of carbonyl (C=O) groups is 1. The second-order valence-electron chi connectivity index (χ2n) is 4.85. The summed E-state index contributed by atoms with van der Waals surface area (Å²) >= 11 is 1.55. The van der Waals surface area contributed by atoms with Gasteiger partial charge in [-0.25, -0.2) is 0 Å². The van der Waals surface area contributed by atoms with E-state index in [0.29, 0.717) is 24.6 Å². The summed E-state index contributed by atoms with van der Waals surface area (Å²) in [5.41, 5.74) is 1.87. The van der Waals surface area contributed by atoms with Crippen LogP contribution in [0.4, 0.5) is 5.69 Å². The van der Waals surface area contributed by atoms with Crippen molar-refractivity contribution >= 4 is 22.9 Å². The summed E-state index contributed by atoms with van der Waals surface area (Å²) in [4.78, 5) is 17.2. The molecule has 22 heavy (non-hydrogen) atoms. The third-order valence-corrected chi connectivity index (χ3v) is 4.06. The number of amides is 1. The van der Waals surface area contributed by atoms with Gasteiger partial charge in [0.25, 0.3) is 0 Å². The number of aromatic nitrogens is 2. The van der Waals surface area contributed by atoms with E-state index in [1.54, 1.807) is 11.3 Å². The zero-order chi connectivity index (χ0) is 15.4. The molecular weight excluding hydrogens is 298 g/mol. The Bertz CT molecular complexity index is 765. The summed E-state index contributed by atoms with van der Waals surface area (Å²) in [5.74, 6) is 0.984. The van der Waals surface area contributed by atoms with Crippen molar-refractivity contribution in [2.45, 2.75) is 19.8 Å². The number of anilines is 1. The lowest BCUT2D eigenvalue weighted by atomic mass is 10.2. The lowest BCUT2D eigenvalue weighted by Crippen LogP contribution is -2.13. The molecule has 0 saturated heterocycles. The molecule has 3 aromatic rings. The molecule has 0 spiro atoms. The first-order chi connectivity index (χ1) is 10.7. The first-order valence-electron chi connectivity index (χ1n) is 6.94. The van der Waals surface area contributed by atoms with Crippen molar-refractivity contribution in [1.82, 2.24) is 10.1 Å². The van der Waals surface area contributed by atoms with Crippen LogP contribution in [0.15, 0.2) is 46.3 Å². The van der Waals surface area contributed by atoms with E-state index in [-0.39, 0.29) is 5.91 Å². The van der Waals surface area contributed by atoms with Crippen LogP contribution in [0.2, 0.25) is 0 Å². The molecule has 0 unspecified atom stereocenters. The van der Waals surface area contributed by atoms with Crippen molar-refractivity contribution in [3.8, 4) is 10.7 Å². The molecule has 1 aromatic carbocycles. The van der Waals surface area contributed by atoms with Gasteiger partial charge in [0.15, 0.2) is 0 Å². The molecule has 2 aromatic heterocycles. The molecule has 0 aliphatic heterocycles. The maximum absolute atomic E-state index is 12.0. The minimum atomic E-state index is -0.0647. The largest absolute Gasteiger partial charge is 0.339 e. The Labute approximate surface area is 132 Å². The quantitative estimate of drug-likeness (QED) is 0.780. The number of rotatable bonds is 5. The highest BCUT2D eigenvalue weighted by Gasteiger charge is 2.11. The van der Waals surface area contributed by atoms with Gasteiger partial charge in [-0.1, -0.05) is 29.4 Å². The van der Waals surface area contributed by atoms with Gasteiger partial charge in [-0.2, -0.15) is 4.98 Å². The summed E-state index contributed by atoms with van der Waals surface area (Å²) in [7, 11) is 0. The molecule has 0 radical (unpaired) electrons. The van der Waals surface area contributed by atoms with Gasteiger partial charge < -0.3 is 9.84 Å². The number of thiophene rings is 1. The maximum Gasteiger partial charge on any atom is 0.227 e. The molecule has 0 aliphatic carbocycles. The fraction of sp³-hybridized carbons (Fsp3) is 0.188. The Balaban J connectivity index is 1.56. The third kappa shape index (κ3) is 3.40. The smallest absolute Gasteiger partial charge is 0.227 e. The summed E-state index contributed by atoms with van der Waals surface area (Å²) in [6.07, 6.45) is 0.733. The molecule has 0 bridgehead atoms. The van der Waals surface area contributed by atoms with Crippen molar-refractivity contribution < 1.29 is 9.32 Å². The molecule has 0 fully saturated rings. The zero-order valence-corrected chi connectivity index (χ0v) is 12.9. The summed E-state index contributed by atoms with van der Waals surface area (Å²) < 4.78 is 5.18. The highest BCUT2D eigenvalue weighted by Crippen LogP contribution is 2.21. The van der Waals surface area contributed by atoms with E-state index < -0.39 is 0 Å². The summed E-state index contributed by atoms with van der Waals surface area (Å²) in [6, 6.07) is 11.6. The van der Waals surface area contributed by atoms with E-state index >= 15 is 0 Å². The second kappa shape index (κ2) is 6.53. The monoisotopic (exact) mass is 313 g/mol. The molecular formula is C16H15N3O2S. The summed E-state index contributed by atoms with van der Waals surface area (Å²) in [6.45, 7) is 1.96. The van der Waals surface area contributed by atoms with Gasteiger partial charge in [0.05, 0.1) is 4.88 Å². The number of benzene rings is 1. The van der Waals surface area contributed by atoms with E-state index in [0.717, 1.165) is 16.1 Å². The van der Waals surface area contributed by atoms with Gasteiger partial charge in [-0.05, 0) is 30.0 Å². The maximum atomic E-state index is 12.0. The van der Waals surface area contributed by atoms with Gasteiger partial charge in [0.2, 0.25) is 17.6 Å². The number of carbonyl (C=O) groups excluding carboxylic acids is 1. The molecule has 0 saturated carbocycles. The number of para-hydroxylation sites is 1. The van der Waals surface area contributed by atoms with E-state index in [9.17, 15) is 4.79 Å². The van der Waals surface area contributed by atoms with Crippen LogP contribution >= 0.6 is 11.3 Å². The fourth-order valence-electron chi connectivity index (χ4n) is 2.01. The van der Waals surface area contributed by atoms with Crippen molar-refractivity contribution in [3.63, 3.8) is 0 Å². The highest BCUT2D eigenvalue weighted by atomic mass is 32.1. The number of nitrogens with zero attached hydrogens (tertiary/aromatic N) is 2. The van der Waals surface area contributed by atoms with Crippen LogP contribution in [0.3, 0.4) is 0 Å². The number of hydrogen-bond donors (Lipinski definition) is 1. The van der Waals surface area contributed by atoms with Crippen LogP contribution in [0.1, 0.15) is 17.9 Å². The van der Waals surface area contributed by atoms with E-state index in [1.165, 1.54) is 0 Å². The van der Waals surface area contributed by atoms with E-state index in [4.69, 9.17) is 4.52 Å². The first kappa shape index (κ1) is 14.5. The van der Waals surface area contributed by atoms with Gasteiger partial charge in [-0.3, -0.25) is 4.79 Å². The standard InChI is InChI=1S/C16H15N3O2S/c1-11-5-2-3-6-12(11)17-14(20)8-9-15-18-16(19-21-15)13-7-4-10-22-13/h2-7,10H,8-9H2,1H3,(H,17,20). The SMILES string of the molecule is Cc1ccccc1NC(=O)CCc1nc(-c2cccs2)no1. The normalized spacial score (nSPS) is 10.6. The zero-order valence-electron chi connectivity index (χ0n) is 12.1. The average molecular weight is 313 g/mol. The molecule has 1 amide bonds. The van der Waals surface area contributed by atoms with Crippen molar-refractivity contribution in [3.05, 3.63) is 53.2 Å². The van der Waals surface area contributed by atoms with Crippen molar-refractivity contribution in [2.75, 3.05) is 5.32 Å². The van der Waals surface area contributed by atoms with Gasteiger partial charge >= 0.3 is 0 Å². The topological polar surface area (TPSA) is 68.0 Å². The Morgan fingerprint density at radius 1 is 1.27 bits per heavy atom. The average Bonchev–Trinajstić information content (AvgIpc) is 3.18. The Morgan fingerprint density at radius 2 is 2.14 bits per heavy atom. The molecule has 1 N–H and O–H groups in total. The lowest BCUT2D eigenvalue weighted by Gasteiger charge is -2.06. The molecule has 5 nitrogen and oxygen atoms in total. The third-order valence-electron chi connectivity index (χ3n) is 3.19. The number of nitrogens with one attached hydrogen (secondary N) is 1. The highest BCUT2D eigenvalue weighted by molar-refractivity contribution is 7.13. The van der Waals surface area contributed by atoms with Gasteiger partial charge in [-0.15, -0.1) is 11.3 Å². The van der Waals surface area contributed by atoms with Crippen LogP contribution in [-0.2, 0) is 11.2 Å². The molecule has 0 aliphatic rings.